The van der Waals surface area contributed by atoms with Crippen LogP contribution < -0.4 is 4.74 Å². The molecule has 0 amide bonds. The zero-order chi connectivity index (χ0) is 17.1. The van der Waals surface area contributed by atoms with Gasteiger partial charge < -0.3 is 19.7 Å². The molecule has 3 atom stereocenters. The number of hydrogen-bond acceptors (Lipinski definition) is 5. The highest BCUT2D eigenvalue weighted by molar-refractivity contribution is 7.16. The lowest BCUT2D eigenvalue weighted by Gasteiger charge is -2.31. The van der Waals surface area contributed by atoms with Gasteiger partial charge in [-0.05, 0) is 35.7 Å². The van der Waals surface area contributed by atoms with Crippen LogP contribution in [0.1, 0.15) is 34.9 Å². The largest absolute Gasteiger partial charge is 0.497 e. The molecule has 0 bridgehead atoms. The number of methoxy groups -OCH3 is 1. The second-order valence-electron chi connectivity index (χ2n) is 6.03. The molecular weight excluding hydrogens is 348 g/mol. The third-order valence-corrected chi connectivity index (χ3v) is 5.76. The van der Waals surface area contributed by atoms with Crippen molar-refractivity contribution in [2.24, 2.45) is 0 Å². The van der Waals surface area contributed by atoms with Crippen LogP contribution in [0, 0.1) is 0 Å². The lowest BCUT2D eigenvalue weighted by molar-refractivity contribution is -0.112. The van der Waals surface area contributed by atoms with Crippen molar-refractivity contribution in [1.29, 1.82) is 0 Å². The van der Waals surface area contributed by atoms with Crippen LogP contribution in [0.4, 0.5) is 0 Å². The number of benzene rings is 1. The summed E-state index contributed by atoms with van der Waals surface area (Å²) in [7, 11) is 1.65. The van der Waals surface area contributed by atoms with Crippen LogP contribution in [0.15, 0.2) is 30.3 Å². The van der Waals surface area contributed by atoms with Gasteiger partial charge in [0.15, 0.2) is 0 Å². The molecule has 24 heavy (non-hydrogen) atoms. The van der Waals surface area contributed by atoms with Crippen molar-refractivity contribution in [2.75, 3.05) is 13.7 Å². The van der Waals surface area contributed by atoms with Crippen LogP contribution in [0.25, 0.3) is 0 Å². The number of hydrogen-bond donors (Lipinski definition) is 2. The number of aliphatic hydroxyl groups is 2. The summed E-state index contributed by atoms with van der Waals surface area (Å²) < 4.78 is 11.8. The fourth-order valence-electron chi connectivity index (χ4n) is 2.96. The van der Waals surface area contributed by atoms with E-state index < -0.39 is 6.10 Å². The molecule has 6 heteroatoms. The molecule has 2 aromatic rings. The van der Waals surface area contributed by atoms with Crippen LogP contribution in [0.5, 0.6) is 5.75 Å². The van der Waals surface area contributed by atoms with Crippen molar-refractivity contribution < 1.29 is 19.7 Å². The molecule has 4 nitrogen and oxygen atoms in total. The Morgan fingerprint density at radius 1 is 1.29 bits per heavy atom. The molecule has 1 aliphatic heterocycles. The highest BCUT2D eigenvalue weighted by Crippen LogP contribution is 2.39. The average molecular weight is 369 g/mol. The highest BCUT2D eigenvalue weighted by Gasteiger charge is 2.30. The predicted molar refractivity (Wildman–Crippen MR) is 95.1 cm³/mol. The first kappa shape index (κ1) is 17.7. The number of aliphatic hydroxyl groups excluding tert-OH is 2. The molecule has 3 unspecified atom stereocenters. The first-order valence-electron chi connectivity index (χ1n) is 7.94. The summed E-state index contributed by atoms with van der Waals surface area (Å²) >= 11 is 7.89. The molecule has 0 saturated carbocycles. The van der Waals surface area contributed by atoms with E-state index in [4.69, 9.17) is 21.1 Å². The number of ether oxygens (including phenoxy) is 2. The van der Waals surface area contributed by atoms with Gasteiger partial charge in [-0.15, -0.1) is 11.3 Å². The normalized spacial score (nSPS) is 24.1. The van der Waals surface area contributed by atoms with E-state index in [1.807, 2.05) is 30.3 Å². The van der Waals surface area contributed by atoms with Crippen molar-refractivity contribution in [3.63, 3.8) is 0 Å². The molecule has 2 N–H and O–H groups in total. The second kappa shape index (κ2) is 7.85. The third-order valence-electron chi connectivity index (χ3n) is 4.23. The summed E-state index contributed by atoms with van der Waals surface area (Å²) in [5.41, 5.74) is 2.20. The zero-order valence-electron chi connectivity index (χ0n) is 13.4. The first-order valence-corrected chi connectivity index (χ1v) is 9.14. The number of halogens is 1. The van der Waals surface area contributed by atoms with Gasteiger partial charge in [-0.25, -0.2) is 0 Å². The minimum absolute atomic E-state index is 0.0780. The van der Waals surface area contributed by atoms with E-state index >= 15 is 0 Å². The highest BCUT2D eigenvalue weighted by atomic mass is 35.5. The smallest absolute Gasteiger partial charge is 0.118 e. The Kier molecular flexibility index (Phi) is 5.79. The van der Waals surface area contributed by atoms with Gasteiger partial charge in [0.25, 0.3) is 0 Å². The molecule has 0 radical (unpaired) electrons. The summed E-state index contributed by atoms with van der Waals surface area (Å²) in [4.78, 5) is 1.00. The number of rotatable bonds is 5. The van der Waals surface area contributed by atoms with E-state index in [9.17, 15) is 10.2 Å². The van der Waals surface area contributed by atoms with Gasteiger partial charge in [-0.1, -0.05) is 23.7 Å². The first-order chi connectivity index (χ1) is 11.6. The van der Waals surface area contributed by atoms with Crippen molar-refractivity contribution in [3.8, 4) is 5.75 Å². The molecule has 130 valence electrons. The molecule has 0 aliphatic carbocycles. The van der Waals surface area contributed by atoms with Gasteiger partial charge in [0.1, 0.15) is 5.75 Å². The number of thiophene rings is 1. The minimum Gasteiger partial charge on any atom is -0.497 e. The standard InChI is InChI=1S/C18H21ClO4S/c1-22-14-4-2-11(3-5-14)6-12-7-17(24-18(12)19)16-9-13(21)8-15(10-20)23-16/h2-5,7,13,15-16,20-21H,6,8-10H2,1H3. The maximum atomic E-state index is 9.97. The van der Waals surface area contributed by atoms with E-state index in [1.54, 1.807) is 7.11 Å². The molecule has 3 rings (SSSR count). The topological polar surface area (TPSA) is 58.9 Å². The Bertz CT molecular complexity index is 670. The molecule has 1 saturated heterocycles. The van der Waals surface area contributed by atoms with Crippen LogP contribution in [0.2, 0.25) is 4.34 Å². The Morgan fingerprint density at radius 3 is 2.71 bits per heavy atom. The van der Waals surface area contributed by atoms with Gasteiger partial charge in [-0.2, -0.15) is 0 Å². The van der Waals surface area contributed by atoms with E-state index in [-0.39, 0.29) is 18.8 Å². The molecule has 1 aromatic heterocycles. The molecule has 1 fully saturated rings. The Morgan fingerprint density at radius 2 is 2.04 bits per heavy atom. The van der Waals surface area contributed by atoms with Crippen LogP contribution in [-0.2, 0) is 11.2 Å². The average Bonchev–Trinajstić information content (AvgIpc) is 2.96. The van der Waals surface area contributed by atoms with Crippen LogP contribution in [0.3, 0.4) is 0 Å². The van der Waals surface area contributed by atoms with Gasteiger partial charge in [0.2, 0.25) is 0 Å². The monoisotopic (exact) mass is 368 g/mol. The zero-order valence-corrected chi connectivity index (χ0v) is 15.0. The van der Waals surface area contributed by atoms with E-state index in [0.717, 1.165) is 32.5 Å². The SMILES string of the molecule is COc1ccc(Cc2cc(C3CC(O)CC(CO)O3)sc2Cl)cc1. The minimum atomic E-state index is -0.452. The molecule has 1 aromatic carbocycles. The lowest BCUT2D eigenvalue weighted by atomic mass is 9.99. The Balaban J connectivity index is 1.74. The third kappa shape index (κ3) is 4.10. The van der Waals surface area contributed by atoms with E-state index in [1.165, 1.54) is 11.3 Å². The van der Waals surface area contributed by atoms with Crippen molar-refractivity contribution in [1.82, 2.24) is 0 Å². The van der Waals surface area contributed by atoms with Crippen molar-refractivity contribution in [3.05, 3.63) is 50.7 Å². The molecular formula is C18H21ClO4S. The summed E-state index contributed by atoms with van der Waals surface area (Å²) in [5.74, 6) is 0.829. The fourth-order valence-corrected chi connectivity index (χ4v) is 4.30. The van der Waals surface area contributed by atoms with Crippen LogP contribution in [-0.4, -0.2) is 36.1 Å². The van der Waals surface area contributed by atoms with Crippen LogP contribution >= 0.6 is 22.9 Å². The van der Waals surface area contributed by atoms with Gasteiger partial charge in [0, 0.05) is 17.7 Å². The maximum absolute atomic E-state index is 9.97. The van der Waals surface area contributed by atoms with Gasteiger partial charge in [0.05, 0.1) is 36.4 Å². The fraction of sp³-hybridized carbons (Fsp3) is 0.444. The second-order valence-corrected chi connectivity index (χ2v) is 7.71. The lowest BCUT2D eigenvalue weighted by Crippen LogP contribution is -2.33. The maximum Gasteiger partial charge on any atom is 0.118 e. The molecule has 1 aliphatic rings. The van der Waals surface area contributed by atoms with E-state index in [2.05, 4.69) is 0 Å². The van der Waals surface area contributed by atoms with Crippen molar-refractivity contribution >= 4 is 22.9 Å². The van der Waals surface area contributed by atoms with Gasteiger partial charge in [-0.3, -0.25) is 0 Å². The van der Waals surface area contributed by atoms with E-state index in [0.29, 0.717) is 12.8 Å². The molecule has 0 spiro atoms. The Labute approximate surface area is 150 Å². The Hall–Kier alpha value is -1.11. The molecule has 2 heterocycles. The quantitative estimate of drug-likeness (QED) is 0.847. The summed E-state index contributed by atoms with van der Waals surface area (Å²) in [6.45, 7) is -0.0780. The van der Waals surface area contributed by atoms with Gasteiger partial charge >= 0.3 is 0 Å². The summed E-state index contributed by atoms with van der Waals surface area (Å²) in [5, 5.41) is 19.3. The summed E-state index contributed by atoms with van der Waals surface area (Å²) in [6.07, 6.45) is 0.771. The van der Waals surface area contributed by atoms with Crippen molar-refractivity contribution in [2.45, 2.75) is 37.6 Å². The predicted octanol–water partition coefficient (Wildman–Crippen LogP) is 3.57. The summed E-state index contributed by atoms with van der Waals surface area (Å²) in [6, 6.07) is 9.96.